The zero-order valence-corrected chi connectivity index (χ0v) is 14.2. The Morgan fingerprint density at radius 2 is 1.92 bits per heavy atom. The van der Waals surface area contributed by atoms with Crippen LogP contribution in [-0.2, 0) is 0 Å². The Bertz CT molecular complexity index is 901. The highest BCUT2D eigenvalue weighted by Gasteiger charge is 2.12. The molecule has 25 heavy (non-hydrogen) atoms. The first-order valence-corrected chi connectivity index (χ1v) is 7.87. The van der Waals surface area contributed by atoms with Crippen LogP contribution >= 0.6 is 11.6 Å². The van der Waals surface area contributed by atoms with Crippen LogP contribution in [0.1, 0.15) is 10.4 Å². The van der Waals surface area contributed by atoms with E-state index in [0.717, 1.165) is 11.4 Å². The summed E-state index contributed by atoms with van der Waals surface area (Å²) in [4.78, 5) is 22.2. The lowest BCUT2D eigenvalue weighted by Crippen LogP contribution is -2.14. The van der Waals surface area contributed by atoms with Crippen molar-refractivity contribution in [1.29, 1.82) is 0 Å². The van der Waals surface area contributed by atoms with Crippen LogP contribution in [-0.4, -0.2) is 22.9 Å². The molecule has 126 valence electrons. The summed E-state index contributed by atoms with van der Waals surface area (Å²) < 4.78 is 0. The lowest BCUT2D eigenvalue weighted by Gasteiger charge is -2.20. The molecule has 0 saturated carbocycles. The van der Waals surface area contributed by atoms with Gasteiger partial charge in [-0.1, -0.05) is 17.7 Å². The normalized spacial score (nSPS) is 10.3. The van der Waals surface area contributed by atoms with E-state index in [-0.39, 0.29) is 5.91 Å². The van der Waals surface area contributed by atoms with Crippen LogP contribution in [0.3, 0.4) is 0 Å². The van der Waals surface area contributed by atoms with Crippen LogP contribution in [0.2, 0.25) is 5.02 Å². The summed E-state index contributed by atoms with van der Waals surface area (Å²) in [5.41, 5.74) is 8.87. The number of hydrogen-bond acceptors (Lipinski definition) is 5. The fourth-order valence-electron chi connectivity index (χ4n) is 2.33. The number of hydrogen-bond donors (Lipinski definition) is 2. The number of nitrogens with one attached hydrogen (secondary N) is 1. The van der Waals surface area contributed by atoms with Gasteiger partial charge in [0.25, 0.3) is 5.91 Å². The minimum absolute atomic E-state index is 0.244. The summed E-state index contributed by atoms with van der Waals surface area (Å²) in [7, 11) is 1.85. The van der Waals surface area contributed by atoms with Gasteiger partial charge in [-0.3, -0.25) is 4.79 Å². The number of nitrogens with zero attached hydrogens (tertiary/aromatic N) is 3. The molecule has 1 amide bonds. The Labute approximate surface area is 150 Å². The number of benzene rings is 2. The van der Waals surface area contributed by atoms with Crippen molar-refractivity contribution in [3.63, 3.8) is 0 Å². The van der Waals surface area contributed by atoms with Gasteiger partial charge in [0.2, 0.25) is 0 Å². The van der Waals surface area contributed by atoms with E-state index in [1.54, 1.807) is 54.9 Å². The van der Waals surface area contributed by atoms with E-state index in [2.05, 4.69) is 15.3 Å². The van der Waals surface area contributed by atoms with Crippen molar-refractivity contribution in [3.8, 4) is 0 Å². The van der Waals surface area contributed by atoms with Gasteiger partial charge in [0.1, 0.15) is 6.33 Å². The number of rotatable bonds is 4. The van der Waals surface area contributed by atoms with Gasteiger partial charge in [0.15, 0.2) is 0 Å². The number of halogens is 1. The van der Waals surface area contributed by atoms with Gasteiger partial charge >= 0.3 is 0 Å². The average Bonchev–Trinajstić information content (AvgIpc) is 2.63. The summed E-state index contributed by atoms with van der Waals surface area (Å²) in [6.45, 7) is 0. The first kappa shape index (κ1) is 16.7. The molecule has 0 fully saturated rings. The molecule has 7 heteroatoms. The molecule has 1 heterocycles. The summed E-state index contributed by atoms with van der Waals surface area (Å²) in [5.74, 6) is -0.244. The average molecular weight is 354 g/mol. The van der Waals surface area contributed by atoms with E-state index in [1.807, 2.05) is 11.9 Å². The highest BCUT2D eigenvalue weighted by Crippen LogP contribution is 2.32. The first-order chi connectivity index (χ1) is 12.0. The lowest BCUT2D eigenvalue weighted by molar-refractivity contribution is 0.102. The molecule has 0 aliphatic heterocycles. The van der Waals surface area contributed by atoms with Crippen molar-refractivity contribution in [2.24, 2.45) is 0 Å². The molecule has 1 aromatic heterocycles. The fraction of sp³-hybridized carbons (Fsp3) is 0.0556. The van der Waals surface area contributed by atoms with Crippen molar-refractivity contribution in [2.75, 3.05) is 23.0 Å². The van der Waals surface area contributed by atoms with Gasteiger partial charge in [0.05, 0.1) is 28.8 Å². The molecule has 3 N–H and O–H groups in total. The Morgan fingerprint density at radius 3 is 2.64 bits per heavy atom. The maximum Gasteiger partial charge on any atom is 0.255 e. The third kappa shape index (κ3) is 3.87. The van der Waals surface area contributed by atoms with E-state index in [0.29, 0.717) is 22.0 Å². The van der Waals surface area contributed by atoms with Crippen LogP contribution in [0, 0.1) is 0 Å². The zero-order chi connectivity index (χ0) is 17.8. The molecular formula is C18H16ClN5O. The van der Waals surface area contributed by atoms with Crippen LogP contribution in [0.5, 0.6) is 0 Å². The highest BCUT2D eigenvalue weighted by molar-refractivity contribution is 6.33. The number of carbonyl (C=O) groups excluding carboxylic acids is 1. The smallest absolute Gasteiger partial charge is 0.255 e. The van der Waals surface area contributed by atoms with Gasteiger partial charge in [-0.25, -0.2) is 9.97 Å². The van der Waals surface area contributed by atoms with Crippen LogP contribution in [0.25, 0.3) is 0 Å². The van der Waals surface area contributed by atoms with Crippen molar-refractivity contribution >= 4 is 40.3 Å². The Balaban J connectivity index is 1.85. The Morgan fingerprint density at radius 1 is 1.16 bits per heavy atom. The second kappa shape index (κ2) is 7.19. The van der Waals surface area contributed by atoms with Gasteiger partial charge in [-0.05, 0) is 36.4 Å². The molecule has 0 aliphatic carbocycles. The van der Waals surface area contributed by atoms with Crippen LogP contribution in [0.15, 0.2) is 61.2 Å². The molecule has 0 spiro atoms. The molecule has 6 nitrogen and oxygen atoms in total. The van der Waals surface area contributed by atoms with E-state index < -0.39 is 0 Å². The fourth-order valence-corrected chi connectivity index (χ4v) is 2.58. The summed E-state index contributed by atoms with van der Waals surface area (Å²) >= 11 is 6.30. The number of amides is 1. The maximum absolute atomic E-state index is 12.4. The molecule has 0 unspecified atom stereocenters. The second-order valence-electron chi connectivity index (χ2n) is 5.40. The minimum atomic E-state index is -0.244. The quantitative estimate of drug-likeness (QED) is 0.698. The van der Waals surface area contributed by atoms with Gasteiger partial charge < -0.3 is 16.0 Å². The molecule has 0 saturated heterocycles. The summed E-state index contributed by atoms with van der Waals surface area (Å²) in [6.07, 6.45) is 4.82. The predicted octanol–water partition coefficient (Wildman–Crippen LogP) is 3.73. The molecule has 0 atom stereocenters. The van der Waals surface area contributed by atoms with E-state index >= 15 is 0 Å². The minimum Gasteiger partial charge on any atom is -0.399 e. The van der Waals surface area contributed by atoms with Gasteiger partial charge in [-0.2, -0.15) is 0 Å². The van der Waals surface area contributed by atoms with E-state index in [9.17, 15) is 4.79 Å². The maximum atomic E-state index is 12.4. The molecular weight excluding hydrogens is 338 g/mol. The molecule has 0 radical (unpaired) electrons. The Hall–Kier alpha value is -3.12. The van der Waals surface area contributed by atoms with E-state index in [4.69, 9.17) is 17.3 Å². The van der Waals surface area contributed by atoms with Crippen LogP contribution in [0.4, 0.5) is 22.7 Å². The van der Waals surface area contributed by atoms with Crippen LogP contribution < -0.4 is 16.0 Å². The number of anilines is 4. The van der Waals surface area contributed by atoms with Gasteiger partial charge in [0, 0.05) is 24.0 Å². The number of nitrogen functional groups attached to an aromatic ring is 1. The third-order valence-electron chi connectivity index (χ3n) is 3.65. The first-order valence-electron chi connectivity index (χ1n) is 7.50. The monoisotopic (exact) mass is 353 g/mol. The lowest BCUT2D eigenvalue weighted by atomic mass is 10.2. The van der Waals surface area contributed by atoms with Crippen molar-refractivity contribution in [2.45, 2.75) is 0 Å². The topological polar surface area (TPSA) is 84.1 Å². The van der Waals surface area contributed by atoms with Crippen molar-refractivity contribution in [3.05, 3.63) is 71.8 Å². The number of carbonyl (C=O) groups is 1. The molecule has 0 aliphatic rings. The molecule has 3 rings (SSSR count). The molecule has 2 aromatic carbocycles. The SMILES string of the molecule is CN(c1cncnc1)c1cc(NC(=O)c2cccc(N)c2)ccc1Cl. The second-order valence-corrected chi connectivity index (χ2v) is 5.81. The van der Waals surface area contributed by atoms with Crippen molar-refractivity contribution in [1.82, 2.24) is 9.97 Å². The number of aromatic nitrogens is 2. The summed E-state index contributed by atoms with van der Waals surface area (Å²) in [5, 5.41) is 3.40. The standard InChI is InChI=1S/C18H16ClN5O/c1-24(15-9-21-11-22-10-15)17-8-14(5-6-16(17)19)23-18(25)12-3-2-4-13(20)7-12/h2-11H,20H2,1H3,(H,23,25). The van der Waals surface area contributed by atoms with Crippen molar-refractivity contribution < 1.29 is 4.79 Å². The Kier molecular flexibility index (Phi) is 4.81. The molecule has 0 bridgehead atoms. The predicted molar refractivity (Wildman–Crippen MR) is 100 cm³/mol. The zero-order valence-electron chi connectivity index (χ0n) is 13.5. The third-order valence-corrected chi connectivity index (χ3v) is 3.97. The largest absolute Gasteiger partial charge is 0.399 e. The van der Waals surface area contributed by atoms with Gasteiger partial charge in [-0.15, -0.1) is 0 Å². The highest BCUT2D eigenvalue weighted by atomic mass is 35.5. The number of nitrogens with two attached hydrogens (primary N) is 1. The molecule has 3 aromatic rings. The summed E-state index contributed by atoms with van der Waals surface area (Å²) in [6, 6.07) is 12.1. The van der Waals surface area contributed by atoms with E-state index in [1.165, 1.54) is 6.33 Å².